The molecule has 26 heavy (non-hydrogen) atoms. The maximum atomic E-state index is 10.5. The lowest BCUT2D eigenvalue weighted by molar-refractivity contribution is -0.267. The molecule has 5 heteroatoms. The zero-order valence-corrected chi connectivity index (χ0v) is 16.3. The van der Waals surface area contributed by atoms with Gasteiger partial charge in [-0.3, -0.25) is 10.1 Å². The van der Waals surface area contributed by atoms with Crippen molar-refractivity contribution >= 4 is 5.97 Å². The third kappa shape index (κ3) is 9.70. The molecule has 1 aliphatic carbocycles. The van der Waals surface area contributed by atoms with Gasteiger partial charge in [-0.2, -0.15) is 0 Å². The number of aliphatic carboxylic acids is 1. The molecule has 0 aromatic heterocycles. The number of allylic oxidation sites excluding steroid dienone is 1. The molecule has 0 aliphatic heterocycles. The smallest absolute Gasteiger partial charge is 0.303 e. The van der Waals surface area contributed by atoms with Gasteiger partial charge in [-0.15, -0.1) is 0 Å². The first-order valence-corrected chi connectivity index (χ1v) is 10.5. The zero-order chi connectivity index (χ0) is 19.2. The minimum Gasteiger partial charge on any atom is -0.481 e. The van der Waals surface area contributed by atoms with Crippen LogP contribution in [0.3, 0.4) is 0 Å². The lowest BCUT2D eigenvalue weighted by Crippen LogP contribution is -2.18. The van der Waals surface area contributed by atoms with Crippen LogP contribution < -0.4 is 0 Å². The molecule has 1 saturated carbocycles. The van der Waals surface area contributed by atoms with Crippen LogP contribution in [0.2, 0.25) is 0 Å². The molecule has 4 atom stereocenters. The first kappa shape index (κ1) is 23.1. The third-order valence-corrected chi connectivity index (χ3v) is 5.57. The van der Waals surface area contributed by atoms with Crippen molar-refractivity contribution in [2.75, 3.05) is 0 Å². The van der Waals surface area contributed by atoms with E-state index >= 15 is 0 Å². The lowest BCUT2D eigenvalue weighted by Gasteiger charge is -2.20. The topological polar surface area (TPSA) is 87.0 Å². The molecule has 0 amide bonds. The van der Waals surface area contributed by atoms with Crippen molar-refractivity contribution in [2.45, 2.75) is 103 Å². The van der Waals surface area contributed by atoms with Gasteiger partial charge in [0.1, 0.15) is 6.10 Å². The quantitative estimate of drug-likeness (QED) is 0.160. The first-order valence-electron chi connectivity index (χ1n) is 10.5. The number of aliphatic hydroxyl groups excluding tert-OH is 1. The molecule has 0 aromatic carbocycles. The summed E-state index contributed by atoms with van der Waals surface area (Å²) in [5.74, 6) is -0.0605. The van der Waals surface area contributed by atoms with E-state index in [1.54, 1.807) is 0 Å². The summed E-state index contributed by atoms with van der Waals surface area (Å²) in [7, 11) is 0. The number of carboxylic acid groups (broad SMARTS) is 1. The summed E-state index contributed by atoms with van der Waals surface area (Å²) in [5.41, 5.74) is 0. The maximum Gasteiger partial charge on any atom is 0.303 e. The van der Waals surface area contributed by atoms with Crippen LogP contribution in [0.1, 0.15) is 90.4 Å². The van der Waals surface area contributed by atoms with Crippen LogP contribution in [-0.4, -0.2) is 33.6 Å². The Labute approximate surface area is 158 Å². The average Bonchev–Trinajstić information content (AvgIpc) is 2.97. The minimum absolute atomic E-state index is 0.231. The number of rotatable bonds is 15. The standard InChI is InChI=1S/C21H38O5/c1-2-3-7-10-18(26-25)15-13-17-14-16-20(22)19(17)11-8-5-4-6-9-12-21(23)24/h13,15,17-20,22,25H,2-12,14,16H2,1H3,(H,23,24)/t17-,18-,19+,20-/m1/s1. The Hall–Kier alpha value is -0.910. The van der Waals surface area contributed by atoms with Gasteiger partial charge in [0, 0.05) is 6.42 Å². The van der Waals surface area contributed by atoms with Gasteiger partial charge in [0.05, 0.1) is 6.10 Å². The van der Waals surface area contributed by atoms with E-state index in [4.69, 9.17) is 10.4 Å². The molecule has 0 heterocycles. The molecule has 0 unspecified atom stereocenters. The van der Waals surface area contributed by atoms with Crippen molar-refractivity contribution in [3.05, 3.63) is 12.2 Å². The highest BCUT2D eigenvalue weighted by Crippen LogP contribution is 2.37. The first-order chi connectivity index (χ1) is 12.6. The average molecular weight is 371 g/mol. The predicted octanol–water partition coefficient (Wildman–Crippen LogP) is 5.18. The van der Waals surface area contributed by atoms with E-state index in [-0.39, 0.29) is 18.6 Å². The molecule has 0 bridgehead atoms. The van der Waals surface area contributed by atoms with Gasteiger partial charge in [0.2, 0.25) is 0 Å². The van der Waals surface area contributed by atoms with E-state index in [0.29, 0.717) is 11.8 Å². The molecule has 0 radical (unpaired) electrons. The van der Waals surface area contributed by atoms with Gasteiger partial charge in [0.15, 0.2) is 0 Å². The monoisotopic (exact) mass is 370 g/mol. The SMILES string of the molecule is CCCCC[C@H](C=C[C@@H]1CC[C@@H](O)[C@H]1CCCCCCCC(=O)O)OO. The Morgan fingerprint density at radius 3 is 2.54 bits per heavy atom. The molecule has 3 N–H and O–H groups in total. The Kier molecular flexibility index (Phi) is 12.6. The van der Waals surface area contributed by atoms with Crippen molar-refractivity contribution in [2.24, 2.45) is 11.8 Å². The molecular formula is C21H38O5. The molecule has 1 aliphatic rings. The van der Waals surface area contributed by atoms with Gasteiger partial charge < -0.3 is 10.2 Å². The van der Waals surface area contributed by atoms with Crippen molar-refractivity contribution in [1.82, 2.24) is 0 Å². The number of aliphatic hydroxyl groups is 1. The van der Waals surface area contributed by atoms with E-state index in [1.807, 2.05) is 6.08 Å². The molecule has 0 saturated heterocycles. The summed E-state index contributed by atoms with van der Waals surface area (Å²) >= 11 is 0. The van der Waals surface area contributed by atoms with E-state index in [1.165, 1.54) is 0 Å². The van der Waals surface area contributed by atoms with Crippen molar-refractivity contribution < 1.29 is 25.2 Å². The highest BCUT2D eigenvalue weighted by molar-refractivity contribution is 5.66. The second kappa shape index (κ2) is 14.2. The maximum absolute atomic E-state index is 10.5. The number of carbonyl (C=O) groups is 1. The number of carboxylic acids is 1. The fourth-order valence-electron chi connectivity index (χ4n) is 3.95. The zero-order valence-electron chi connectivity index (χ0n) is 16.3. The van der Waals surface area contributed by atoms with Gasteiger partial charge in [-0.25, -0.2) is 4.89 Å². The lowest BCUT2D eigenvalue weighted by atomic mass is 9.88. The van der Waals surface area contributed by atoms with Crippen LogP contribution in [0.4, 0.5) is 0 Å². The largest absolute Gasteiger partial charge is 0.481 e. The van der Waals surface area contributed by atoms with Crippen LogP contribution >= 0.6 is 0 Å². The highest BCUT2D eigenvalue weighted by Gasteiger charge is 2.32. The Morgan fingerprint density at radius 2 is 1.85 bits per heavy atom. The predicted molar refractivity (Wildman–Crippen MR) is 103 cm³/mol. The van der Waals surface area contributed by atoms with Crippen molar-refractivity contribution in [1.29, 1.82) is 0 Å². The summed E-state index contributed by atoms with van der Waals surface area (Å²) < 4.78 is 0. The number of unbranched alkanes of at least 4 members (excludes halogenated alkanes) is 6. The number of hydrogen-bond donors (Lipinski definition) is 3. The third-order valence-electron chi connectivity index (χ3n) is 5.57. The van der Waals surface area contributed by atoms with E-state index in [2.05, 4.69) is 17.9 Å². The van der Waals surface area contributed by atoms with Crippen LogP contribution in [0.15, 0.2) is 12.2 Å². The molecule has 0 spiro atoms. The molecule has 5 nitrogen and oxygen atoms in total. The molecule has 1 fully saturated rings. The van der Waals surface area contributed by atoms with Crippen LogP contribution in [0.25, 0.3) is 0 Å². The Balaban J connectivity index is 2.29. The molecule has 1 rings (SSSR count). The second-order valence-electron chi connectivity index (χ2n) is 7.70. The van der Waals surface area contributed by atoms with Gasteiger partial charge in [0.25, 0.3) is 0 Å². The normalized spacial score (nSPS) is 24.3. The highest BCUT2D eigenvalue weighted by atomic mass is 17.1. The van der Waals surface area contributed by atoms with Crippen molar-refractivity contribution in [3.8, 4) is 0 Å². The molecule has 152 valence electrons. The second-order valence-corrected chi connectivity index (χ2v) is 7.70. The van der Waals surface area contributed by atoms with Gasteiger partial charge in [-0.1, -0.05) is 64.0 Å². The van der Waals surface area contributed by atoms with Crippen LogP contribution in [0, 0.1) is 11.8 Å². The van der Waals surface area contributed by atoms with E-state index < -0.39 is 5.97 Å². The van der Waals surface area contributed by atoms with Crippen LogP contribution in [-0.2, 0) is 9.68 Å². The summed E-state index contributed by atoms with van der Waals surface area (Å²) in [6.45, 7) is 2.15. The van der Waals surface area contributed by atoms with Gasteiger partial charge in [-0.05, 0) is 43.9 Å². The summed E-state index contributed by atoms with van der Waals surface area (Å²) in [4.78, 5) is 15.1. The molecular weight excluding hydrogens is 332 g/mol. The Morgan fingerprint density at radius 1 is 1.12 bits per heavy atom. The minimum atomic E-state index is -0.714. The molecule has 0 aromatic rings. The Bertz CT molecular complexity index is 396. The van der Waals surface area contributed by atoms with E-state index in [9.17, 15) is 9.90 Å². The van der Waals surface area contributed by atoms with E-state index in [0.717, 1.165) is 77.0 Å². The fourth-order valence-corrected chi connectivity index (χ4v) is 3.95. The number of hydrogen-bond acceptors (Lipinski definition) is 4. The summed E-state index contributed by atoms with van der Waals surface area (Å²) in [6.07, 6.45) is 15.9. The fraction of sp³-hybridized carbons (Fsp3) is 0.857. The van der Waals surface area contributed by atoms with Crippen LogP contribution in [0.5, 0.6) is 0 Å². The summed E-state index contributed by atoms with van der Waals surface area (Å²) in [5, 5.41) is 28.0. The summed E-state index contributed by atoms with van der Waals surface area (Å²) in [6, 6.07) is 0. The van der Waals surface area contributed by atoms with Crippen molar-refractivity contribution in [3.63, 3.8) is 0 Å². The van der Waals surface area contributed by atoms with Gasteiger partial charge >= 0.3 is 5.97 Å².